The first-order valence-electron chi connectivity index (χ1n) is 6.87. The zero-order valence-electron chi connectivity index (χ0n) is 12.1. The molecule has 0 aromatic heterocycles. The Balaban J connectivity index is 2.07. The Bertz CT molecular complexity index is 551. The molecule has 1 fully saturated rings. The Morgan fingerprint density at radius 1 is 1.57 bits per heavy atom. The molecule has 1 saturated heterocycles. The number of carbonyl (C=O) groups is 1. The molecule has 1 heterocycles. The smallest absolute Gasteiger partial charge is 0.328 e. The van der Waals surface area contributed by atoms with E-state index < -0.39 is 5.97 Å². The van der Waals surface area contributed by atoms with E-state index in [1.165, 1.54) is 6.08 Å². The fourth-order valence-electron chi connectivity index (χ4n) is 2.34. The molecule has 114 valence electrons. The summed E-state index contributed by atoms with van der Waals surface area (Å²) < 4.78 is 12.6. The van der Waals surface area contributed by atoms with Gasteiger partial charge in [-0.2, -0.15) is 0 Å². The molecule has 1 aliphatic heterocycles. The van der Waals surface area contributed by atoms with Gasteiger partial charge in [-0.3, -0.25) is 0 Å². The summed E-state index contributed by atoms with van der Waals surface area (Å²) in [6.07, 6.45) is 4.69. The number of aliphatic carboxylic acids is 1. The van der Waals surface area contributed by atoms with Gasteiger partial charge in [0.15, 0.2) is 0 Å². The van der Waals surface area contributed by atoms with Gasteiger partial charge in [0, 0.05) is 11.6 Å². The van der Waals surface area contributed by atoms with E-state index in [1.807, 2.05) is 18.2 Å². The zero-order valence-corrected chi connectivity index (χ0v) is 13.7. The first kappa shape index (κ1) is 16.0. The fraction of sp³-hybridized carbons (Fsp3) is 0.438. The van der Waals surface area contributed by atoms with Gasteiger partial charge in [-0.25, -0.2) is 4.79 Å². The van der Waals surface area contributed by atoms with Gasteiger partial charge in [-0.05, 0) is 54.8 Å². The summed E-state index contributed by atoms with van der Waals surface area (Å²) in [7, 11) is 0. The second kappa shape index (κ2) is 6.62. The number of hydrogen-bond acceptors (Lipinski definition) is 3. The largest absolute Gasteiger partial charge is 0.489 e. The van der Waals surface area contributed by atoms with E-state index in [0.717, 1.165) is 29.0 Å². The topological polar surface area (TPSA) is 55.8 Å². The summed E-state index contributed by atoms with van der Waals surface area (Å²) in [6, 6.07) is 5.53. The number of halogens is 1. The molecule has 0 amide bonds. The van der Waals surface area contributed by atoms with Gasteiger partial charge >= 0.3 is 5.97 Å². The van der Waals surface area contributed by atoms with Crippen molar-refractivity contribution in [2.45, 2.75) is 38.4 Å². The van der Waals surface area contributed by atoms with Gasteiger partial charge in [0.1, 0.15) is 12.4 Å². The van der Waals surface area contributed by atoms with Crippen molar-refractivity contribution in [2.24, 2.45) is 0 Å². The van der Waals surface area contributed by atoms with Crippen LogP contribution in [0.3, 0.4) is 0 Å². The molecule has 1 N–H and O–H groups in total. The molecule has 5 heteroatoms. The molecular formula is C16H19BrO4. The van der Waals surface area contributed by atoms with Crippen molar-refractivity contribution in [1.82, 2.24) is 0 Å². The maximum absolute atomic E-state index is 10.6. The molecule has 1 aliphatic rings. The third-order valence-corrected chi connectivity index (χ3v) is 4.00. The lowest BCUT2D eigenvalue weighted by Gasteiger charge is -2.20. The van der Waals surface area contributed by atoms with Crippen molar-refractivity contribution >= 4 is 28.0 Å². The SMILES string of the molecule is CC1(C)CCC(COc2c(Br)cccc2/C=C/C(=O)O)O1. The zero-order chi connectivity index (χ0) is 15.5. The highest BCUT2D eigenvalue weighted by atomic mass is 79.9. The fourth-order valence-corrected chi connectivity index (χ4v) is 2.84. The third-order valence-electron chi connectivity index (χ3n) is 3.37. The Hall–Kier alpha value is -1.33. The van der Waals surface area contributed by atoms with E-state index >= 15 is 0 Å². The second-order valence-electron chi connectivity index (χ2n) is 5.68. The van der Waals surface area contributed by atoms with Crippen molar-refractivity contribution in [3.63, 3.8) is 0 Å². The maximum atomic E-state index is 10.6. The standard InChI is InChI=1S/C16H19BrO4/c1-16(2)9-8-12(21-16)10-20-15-11(6-7-14(18)19)4-3-5-13(15)17/h3-7,12H,8-10H2,1-2H3,(H,18,19)/b7-6+. The molecule has 21 heavy (non-hydrogen) atoms. The van der Waals surface area contributed by atoms with Crippen LogP contribution in [0.1, 0.15) is 32.3 Å². The van der Waals surface area contributed by atoms with Crippen LogP contribution in [0.5, 0.6) is 5.75 Å². The highest BCUT2D eigenvalue weighted by molar-refractivity contribution is 9.10. The van der Waals surface area contributed by atoms with E-state index in [1.54, 1.807) is 0 Å². The van der Waals surface area contributed by atoms with Crippen LogP contribution in [0.15, 0.2) is 28.7 Å². The van der Waals surface area contributed by atoms with Gasteiger partial charge in [-0.15, -0.1) is 0 Å². The minimum Gasteiger partial charge on any atom is -0.489 e. The first-order valence-corrected chi connectivity index (χ1v) is 7.67. The van der Waals surface area contributed by atoms with E-state index in [9.17, 15) is 4.79 Å². The number of rotatable bonds is 5. The highest BCUT2D eigenvalue weighted by Crippen LogP contribution is 2.33. The highest BCUT2D eigenvalue weighted by Gasteiger charge is 2.32. The lowest BCUT2D eigenvalue weighted by Crippen LogP contribution is -2.24. The molecule has 1 unspecified atom stereocenters. The van der Waals surface area contributed by atoms with Crippen molar-refractivity contribution < 1.29 is 19.4 Å². The average Bonchev–Trinajstić information content (AvgIpc) is 2.74. The van der Waals surface area contributed by atoms with Gasteiger partial charge < -0.3 is 14.6 Å². The summed E-state index contributed by atoms with van der Waals surface area (Å²) >= 11 is 3.44. The summed E-state index contributed by atoms with van der Waals surface area (Å²) in [5, 5.41) is 8.74. The average molecular weight is 355 g/mol. The monoisotopic (exact) mass is 354 g/mol. The van der Waals surface area contributed by atoms with Crippen LogP contribution < -0.4 is 4.74 Å². The van der Waals surface area contributed by atoms with Crippen molar-refractivity contribution in [1.29, 1.82) is 0 Å². The summed E-state index contributed by atoms with van der Waals surface area (Å²) in [5.41, 5.74) is 0.637. The number of hydrogen-bond donors (Lipinski definition) is 1. The summed E-state index contributed by atoms with van der Waals surface area (Å²) in [5.74, 6) is -0.342. The number of carboxylic acid groups (broad SMARTS) is 1. The van der Waals surface area contributed by atoms with Crippen molar-refractivity contribution in [3.8, 4) is 5.75 Å². The van der Waals surface area contributed by atoms with Crippen LogP contribution in [0.2, 0.25) is 0 Å². The minimum absolute atomic E-state index is 0.0726. The molecule has 0 saturated carbocycles. The number of para-hydroxylation sites is 1. The molecule has 0 aliphatic carbocycles. The van der Waals surface area contributed by atoms with Crippen LogP contribution in [-0.2, 0) is 9.53 Å². The van der Waals surface area contributed by atoms with E-state index in [4.69, 9.17) is 14.6 Å². The Morgan fingerprint density at radius 3 is 2.95 bits per heavy atom. The Labute approximate surface area is 132 Å². The second-order valence-corrected chi connectivity index (χ2v) is 6.53. The quantitative estimate of drug-likeness (QED) is 0.815. The van der Waals surface area contributed by atoms with Crippen LogP contribution in [0.25, 0.3) is 6.08 Å². The molecule has 2 rings (SSSR count). The predicted octanol–water partition coefficient (Wildman–Crippen LogP) is 3.88. The summed E-state index contributed by atoms with van der Waals surface area (Å²) in [4.78, 5) is 10.6. The predicted molar refractivity (Wildman–Crippen MR) is 84.5 cm³/mol. The van der Waals surface area contributed by atoms with Gasteiger partial charge in [-0.1, -0.05) is 12.1 Å². The van der Waals surface area contributed by atoms with Crippen molar-refractivity contribution in [2.75, 3.05) is 6.61 Å². The van der Waals surface area contributed by atoms with Crippen molar-refractivity contribution in [3.05, 3.63) is 34.3 Å². The van der Waals surface area contributed by atoms with E-state index in [0.29, 0.717) is 12.4 Å². The van der Waals surface area contributed by atoms with Crippen LogP contribution in [-0.4, -0.2) is 29.4 Å². The number of carboxylic acids is 1. The van der Waals surface area contributed by atoms with Crippen LogP contribution in [0, 0.1) is 0 Å². The molecule has 0 bridgehead atoms. The van der Waals surface area contributed by atoms with Crippen LogP contribution in [0.4, 0.5) is 0 Å². The molecular weight excluding hydrogens is 336 g/mol. The van der Waals surface area contributed by atoms with Crippen LogP contribution >= 0.6 is 15.9 Å². The lowest BCUT2D eigenvalue weighted by atomic mass is 10.1. The molecule has 0 radical (unpaired) electrons. The normalized spacial score (nSPS) is 20.8. The third kappa shape index (κ3) is 4.58. The molecule has 1 aromatic rings. The lowest BCUT2D eigenvalue weighted by molar-refractivity contribution is -0.131. The first-order chi connectivity index (χ1) is 9.87. The van der Waals surface area contributed by atoms with E-state index in [-0.39, 0.29) is 11.7 Å². The van der Waals surface area contributed by atoms with Gasteiger partial charge in [0.05, 0.1) is 16.2 Å². The molecule has 4 nitrogen and oxygen atoms in total. The Kier molecular flexibility index (Phi) is 5.06. The molecule has 0 spiro atoms. The number of benzene rings is 1. The Morgan fingerprint density at radius 2 is 2.33 bits per heavy atom. The molecule has 1 aromatic carbocycles. The molecule has 1 atom stereocenters. The maximum Gasteiger partial charge on any atom is 0.328 e. The van der Waals surface area contributed by atoms with Gasteiger partial charge in [0.2, 0.25) is 0 Å². The summed E-state index contributed by atoms with van der Waals surface area (Å²) in [6.45, 7) is 4.61. The van der Waals surface area contributed by atoms with E-state index in [2.05, 4.69) is 29.8 Å². The number of ether oxygens (including phenoxy) is 2. The van der Waals surface area contributed by atoms with Gasteiger partial charge in [0.25, 0.3) is 0 Å². The minimum atomic E-state index is -0.984.